The Morgan fingerprint density at radius 2 is 1.79 bits per heavy atom. The van der Waals surface area contributed by atoms with Gasteiger partial charge in [-0.05, 0) is 36.8 Å². The van der Waals surface area contributed by atoms with Crippen molar-refractivity contribution in [1.29, 1.82) is 0 Å². The minimum absolute atomic E-state index is 0.326. The average molecular weight is 348 g/mol. The Labute approximate surface area is 143 Å². The topological polar surface area (TPSA) is 75.5 Å². The fraction of sp³-hybridized carbons (Fsp3) is 0.353. The van der Waals surface area contributed by atoms with Crippen molar-refractivity contribution in [3.05, 3.63) is 54.4 Å². The second-order valence-electron chi connectivity index (χ2n) is 5.46. The van der Waals surface area contributed by atoms with Crippen molar-refractivity contribution >= 4 is 15.8 Å². The molecule has 0 atom stereocenters. The fourth-order valence-electron chi connectivity index (χ4n) is 2.18. The van der Waals surface area contributed by atoms with Crippen molar-refractivity contribution in [3.8, 4) is 0 Å². The largest absolute Gasteiger partial charge is 0.357 e. The van der Waals surface area contributed by atoms with Crippen molar-refractivity contribution < 1.29 is 8.42 Å². The molecule has 1 aromatic heterocycles. The summed E-state index contributed by atoms with van der Waals surface area (Å²) < 4.78 is 25.0. The van der Waals surface area contributed by atoms with Crippen LogP contribution in [0.2, 0.25) is 0 Å². The van der Waals surface area contributed by atoms with Crippen LogP contribution in [0.15, 0.2) is 58.7 Å². The monoisotopic (exact) mass is 348 g/mol. The second-order valence-corrected chi connectivity index (χ2v) is 7.47. The molecule has 0 radical (unpaired) electrons. The third-order valence-corrected chi connectivity index (χ3v) is 4.57. The molecule has 0 bridgehead atoms. The highest BCUT2D eigenvalue weighted by molar-refractivity contribution is 7.90. The zero-order chi connectivity index (χ0) is 17.4. The van der Waals surface area contributed by atoms with Crippen LogP contribution in [0.5, 0.6) is 0 Å². The normalized spacial score (nSPS) is 12.2. The third kappa shape index (κ3) is 5.73. The van der Waals surface area contributed by atoms with E-state index in [9.17, 15) is 8.42 Å². The number of sulfone groups is 1. The molecule has 24 heavy (non-hydrogen) atoms. The van der Waals surface area contributed by atoms with Gasteiger partial charge in [-0.3, -0.25) is 0 Å². The Hall–Kier alpha value is -2.28. The van der Waals surface area contributed by atoms with E-state index in [2.05, 4.69) is 20.2 Å². The molecule has 0 amide bonds. The SMILES string of the molecule is CCNC(=NCc1ccc(S(C)(=O)=O)cc1)NCCn1cccc1. The first-order valence-corrected chi connectivity index (χ1v) is 9.80. The summed E-state index contributed by atoms with van der Waals surface area (Å²) in [4.78, 5) is 4.86. The lowest BCUT2D eigenvalue weighted by molar-refractivity contribution is 0.602. The Bertz CT molecular complexity index is 750. The van der Waals surface area contributed by atoms with E-state index >= 15 is 0 Å². The van der Waals surface area contributed by atoms with Gasteiger partial charge in [-0.15, -0.1) is 0 Å². The van der Waals surface area contributed by atoms with Gasteiger partial charge in [0, 0.05) is 38.3 Å². The van der Waals surface area contributed by atoms with Crippen LogP contribution in [0.3, 0.4) is 0 Å². The summed E-state index contributed by atoms with van der Waals surface area (Å²) in [5.41, 5.74) is 0.963. The summed E-state index contributed by atoms with van der Waals surface area (Å²) >= 11 is 0. The second kappa shape index (κ2) is 8.54. The predicted octanol–water partition coefficient (Wildman–Crippen LogP) is 1.65. The highest BCUT2D eigenvalue weighted by Gasteiger charge is 2.06. The maximum atomic E-state index is 11.5. The summed E-state index contributed by atoms with van der Waals surface area (Å²) in [7, 11) is -3.16. The summed E-state index contributed by atoms with van der Waals surface area (Å²) in [5, 5.41) is 6.49. The Morgan fingerprint density at radius 1 is 1.12 bits per heavy atom. The molecule has 130 valence electrons. The summed E-state index contributed by atoms with van der Waals surface area (Å²) in [5.74, 6) is 0.747. The molecule has 0 saturated carbocycles. The van der Waals surface area contributed by atoms with Crippen LogP contribution in [-0.2, 0) is 22.9 Å². The number of rotatable bonds is 7. The standard InChI is InChI=1S/C17H24N4O2S/c1-3-18-17(19-10-13-21-11-4-5-12-21)20-14-15-6-8-16(9-7-15)24(2,22)23/h4-9,11-12H,3,10,13-14H2,1-2H3,(H2,18,19,20). The van der Waals surface area contributed by atoms with Gasteiger partial charge in [-0.1, -0.05) is 12.1 Å². The Morgan fingerprint density at radius 3 is 2.38 bits per heavy atom. The zero-order valence-electron chi connectivity index (χ0n) is 14.1. The van der Waals surface area contributed by atoms with E-state index in [4.69, 9.17) is 0 Å². The molecule has 0 aliphatic heterocycles. The Kier molecular flexibility index (Phi) is 6.43. The lowest BCUT2D eigenvalue weighted by Crippen LogP contribution is -2.38. The van der Waals surface area contributed by atoms with Crippen molar-refractivity contribution in [2.24, 2.45) is 4.99 Å². The van der Waals surface area contributed by atoms with Gasteiger partial charge < -0.3 is 15.2 Å². The molecule has 6 nitrogen and oxygen atoms in total. The van der Waals surface area contributed by atoms with Crippen molar-refractivity contribution in [2.45, 2.75) is 24.9 Å². The summed E-state index contributed by atoms with van der Waals surface area (Å²) in [6.45, 7) is 4.92. The van der Waals surface area contributed by atoms with Gasteiger partial charge in [-0.2, -0.15) is 0 Å². The van der Waals surface area contributed by atoms with E-state index in [0.29, 0.717) is 11.4 Å². The first-order valence-electron chi connectivity index (χ1n) is 7.91. The smallest absolute Gasteiger partial charge is 0.191 e. The predicted molar refractivity (Wildman–Crippen MR) is 96.8 cm³/mol. The maximum Gasteiger partial charge on any atom is 0.191 e. The van der Waals surface area contributed by atoms with Gasteiger partial charge in [0.25, 0.3) is 0 Å². The van der Waals surface area contributed by atoms with Gasteiger partial charge in [0.15, 0.2) is 15.8 Å². The molecule has 1 heterocycles. The number of guanidine groups is 1. The van der Waals surface area contributed by atoms with Crippen LogP contribution in [0.1, 0.15) is 12.5 Å². The molecule has 0 fully saturated rings. The molecule has 0 saturated heterocycles. The first kappa shape index (κ1) is 18.1. The van der Waals surface area contributed by atoms with Crippen molar-refractivity contribution in [2.75, 3.05) is 19.3 Å². The number of benzene rings is 1. The van der Waals surface area contributed by atoms with Crippen LogP contribution in [0.4, 0.5) is 0 Å². The highest BCUT2D eigenvalue weighted by atomic mass is 32.2. The van der Waals surface area contributed by atoms with Gasteiger partial charge in [0.05, 0.1) is 11.4 Å². The van der Waals surface area contributed by atoms with E-state index in [1.54, 1.807) is 24.3 Å². The van der Waals surface area contributed by atoms with E-state index in [1.807, 2.05) is 31.5 Å². The van der Waals surface area contributed by atoms with Crippen LogP contribution >= 0.6 is 0 Å². The lowest BCUT2D eigenvalue weighted by atomic mass is 10.2. The van der Waals surface area contributed by atoms with Gasteiger partial charge in [0.1, 0.15) is 0 Å². The first-order chi connectivity index (χ1) is 11.5. The molecule has 0 aliphatic carbocycles. The molecule has 0 unspecified atom stereocenters. The lowest BCUT2D eigenvalue weighted by Gasteiger charge is -2.11. The van der Waals surface area contributed by atoms with E-state index in [-0.39, 0.29) is 0 Å². The van der Waals surface area contributed by atoms with Crippen LogP contribution in [0.25, 0.3) is 0 Å². The highest BCUT2D eigenvalue weighted by Crippen LogP contribution is 2.10. The molecule has 0 aliphatic rings. The van der Waals surface area contributed by atoms with Crippen LogP contribution < -0.4 is 10.6 Å². The van der Waals surface area contributed by atoms with Crippen LogP contribution in [-0.4, -0.2) is 38.3 Å². The molecule has 2 aromatic rings. The molecule has 0 spiro atoms. The minimum atomic E-state index is -3.16. The number of aromatic nitrogens is 1. The number of hydrogen-bond donors (Lipinski definition) is 2. The molecule has 7 heteroatoms. The molecular formula is C17H24N4O2S. The zero-order valence-corrected chi connectivity index (χ0v) is 14.9. The van der Waals surface area contributed by atoms with Crippen molar-refractivity contribution in [1.82, 2.24) is 15.2 Å². The van der Waals surface area contributed by atoms with Gasteiger partial charge in [-0.25, -0.2) is 13.4 Å². The molecule has 2 rings (SSSR count). The Balaban J connectivity index is 1.92. The number of nitrogens with one attached hydrogen (secondary N) is 2. The van der Waals surface area contributed by atoms with Crippen LogP contribution in [0, 0.1) is 0 Å². The average Bonchev–Trinajstić information content (AvgIpc) is 3.05. The number of hydrogen-bond acceptors (Lipinski definition) is 3. The fourth-order valence-corrected chi connectivity index (χ4v) is 2.81. The van der Waals surface area contributed by atoms with E-state index < -0.39 is 9.84 Å². The van der Waals surface area contributed by atoms with Gasteiger partial charge in [0.2, 0.25) is 0 Å². The van der Waals surface area contributed by atoms with Crippen molar-refractivity contribution in [3.63, 3.8) is 0 Å². The minimum Gasteiger partial charge on any atom is -0.357 e. The van der Waals surface area contributed by atoms with E-state index in [0.717, 1.165) is 31.2 Å². The molecular weight excluding hydrogens is 324 g/mol. The van der Waals surface area contributed by atoms with Gasteiger partial charge >= 0.3 is 0 Å². The molecule has 2 N–H and O–H groups in total. The molecule has 1 aromatic carbocycles. The summed E-state index contributed by atoms with van der Waals surface area (Å²) in [6, 6.07) is 10.8. The quantitative estimate of drug-likeness (QED) is 0.589. The summed E-state index contributed by atoms with van der Waals surface area (Å²) in [6.07, 6.45) is 5.25. The number of aliphatic imine (C=N–C) groups is 1. The maximum absolute atomic E-state index is 11.5. The third-order valence-electron chi connectivity index (χ3n) is 3.44. The number of nitrogens with zero attached hydrogens (tertiary/aromatic N) is 2. The van der Waals surface area contributed by atoms with E-state index in [1.165, 1.54) is 6.26 Å².